The van der Waals surface area contributed by atoms with E-state index in [1.165, 1.54) is 9.71 Å². The van der Waals surface area contributed by atoms with Crippen LogP contribution in [0.15, 0.2) is 40.4 Å². The van der Waals surface area contributed by atoms with Crippen molar-refractivity contribution in [3.05, 3.63) is 58.3 Å². The van der Waals surface area contributed by atoms with Crippen molar-refractivity contribution >= 4 is 16.1 Å². The Morgan fingerprint density at radius 3 is 2.81 bits per heavy atom. The Bertz CT molecular complexity index is 760. The van der Waals surface area contributed by atoms with E-state index in [4.69, 9.17) is 4.52 Å². The molecule has 0 saturated heterocycles. The maximum absolute atomic E-state index is 12.3. The Hall–Kier alpha value is -1.92. The second-order valence-electron chi connectivity index (χ2n) is 5.12. The summed E-state index contributed by atoms with van der Waals surface area (Å²) in [5.41, 5.74) is 2.85. The Balaban J connectivity index is 1.77. The maximum atomic E-state index is 12.3. The Labute approximate surface area is 123 Å². The molecular weight excluding hydrogens is 288 g/mol. The summed E-state index contributed by atoms with van der Waals surface area (Å²) in [6.07, 6.45) is 3.77. The number of rotatable bonds is 3. The topological polar surface area (TPSA) is 63.4 Å². The standard InChI is InChI=1S/C15H16N2O3S/c1-12-2-4-13(5-3-12)7-9-21(18,19)17-8-6-15-14(11-17)10-16-20-15/h2-5,7,9-10H,6,8,11H2,1H3/b9-7+. The van der Waals surface area contributed by atoms with E-state index in [1.54, 1.807) is 12.3 Å². The molecule has 0 spiro atoms. The number of fused-ring (bicyclic) bond motifs is 1. The first-order chi connectivity index (χ1) is 10.0. The zero-order valence-electron chi connectivity index (χ0n) is 11.7. The third-order valence-corrected chi connectivity index (χ3v) is 5.05. The van der Waals surface area contributed by atoms with Gasteiger partial charge in [0, 0.05) is 30.5 Å². The second-order valence-corrected chi connectivity index (χ2v) is 6.93. The molecule has 1 aliphatic rings. The third kappa shape index (κ3) is 3.06. The van der Waals surface area contributed by atoms with Crippen LogP contribution in [0.2, 0.25) is 0 Å². The van der Waals surface area contributed by atoms with Gasteiger partial charge in [-0.15, -0.1) is 0 Å². The Morgan fingerprint density at radius 2 is 2.05 bits per heavy atom. The van der Waals surface area contributed by atoms with Crippen LogP contribution in [0.3, 0.4) is 0 Å². The van der Waals surface area contributed by atoms with Gasteiger partial charge in [0.15, 0.2) is 0 Å². The van der Waals surface area contributed by atoms with Gasteiger partial charge in [0.1, 0.15) is 5.76 Å². The average Bonchev–Trinajstić information content (AvgIpc) is 2.94. The highest BCUT2D eigenvalue weighted by molar-refractivity contribution is 7.92. The maximum Gasteiger partial charge on any atom is 0.236 e. The molecule has 1 aromatic heterocycles. The van der Waals surface area contributed by atoms with Gasteiger partial charge >= 0.3 is 0 Å². The fourth-order valence-corrected chi connectivity index (χ4v) is 3.43. The molecule has 0 bridgehead atoms. The minimum absolute atomic E-state index is 0.319. The Kier molecular flexibility index (Phi) is 3.65. The molecule has 0 amide bonds. The summed E-state index contributed by atoms with van der Waals surface area (Å²) >= 11 is 0. The largest absolute Gasteiger partial charge is 0.361 e. The zero-order valence-corrected chi connectivity index (χ0v) is 12.5. The minimum Gasteiger partial charge on any atom is -0.361 e. The van der Waals surface area contributed by atoms with Crippen molar-refractivity contribution < 1.29 is 12.9 Å². The molecule has 2 aromatic rings. The van der Waals surface area contributed by atoms with E-state index in [9.17, 15) is 8.42 Å². The van der Waals surface area contributed by atoms with Crippen molar-refractivity contribution in [1.29, 1.82) is 0 Å². The fraction of sp³-hybridized carbons (Fsp3) is 0.267. The highest BCUT2D eigenvalue weighted by atomic mass is 32.2. The summed E-state index contributed by atoms with van der Waals surface area (Å²) < 4.78 is 31.2. The molecule has 1 aliphatic heterocycles. The van der Waals surface area contributed by atoms with Gasteiger partial charge in [-0.2, -0.15) is 4.31 Å². The van der Waals surface area contributed by atoms with E-state index in [2.05, 4.69) is 5.16 Å². The first kappa shape index (κ1) is 14.0. The first-order valence-electron chi connectivity index (χ1n) is 6.72. The number of aromatic nitrogens is 1. The van der Waals surface area contributed by atoms with Crippen LogP contribution in [0.1, 0.15) is 22.5 Å². The van der Waals surface area contributed by atoms with Crippen LogP contribution in [0.4, 0.5) is 0 Å². The summed E-state index contributed by atoms with van der Waals surface area (Å²) in [4.78, 5) is 0. The lowest BCUT2D eigenvalue weighted by Gasteiger charge is -2.23. The van der Waals surface area contributed by atoms with Crippen LogP contribution in [0, 0.1) is 6.92 Å². The van der Waals surface area contributed by atoms with Gasteiger partial charge in [0.2, 0.25) is 10.0 Å². The first-order valence-corrected chi connectivity index (χ1v) is 8.22. The zero-order chi connectivity index (χ0) is 14.9. The van der Waals surface area contributed by atoms with E-state index >= 15 is 0 Å². The number of hydrogen-bond donors (Lipinski definition) is 0. The lowest BCUT2D eigenvalue weighted by atomic mass is 10.1. The van der Waals surface area contributed by atoms with E-state index in [-0.39, 0.29) is 0 Å². The summed E-state index contributed by atoms with van der Waals surface area (Å²) in [5, 5.41) is 4.97. The Morgan fingerprint density at radius 1 is 1.29 bits per heavy atom. The lowest BCUT2D eigenvalue weighted by Crippen LogP contribution is -2.34. The van der Waals surface area contributed by atoms with Crippen LogP contribution in [0.5, 0.6) is 0 Å². The van der Waals surface area contributed by atoms with E-state index in [1.807, 2.05) is 31.2 Å². The molecule has 6 heteroatoms. The molecule has 0 atom stereocenters. The molecule has 3 rings (SSSR count). The van der Waals surface area contributed by atoms with Crippen LogP contribution in [0.25, 0.3) is 6.08 Å². The second kappa shape index (κ2) is 5.46. The van der Waals surface area contributed by atoms with Crippen molar-refractivity contribution in [2.24, 2.45) is 0 Å². The highest BCUT2D eigenvalue weighted by Gasteiger charge is 2.26. The molecule has 5 nitrogen and oxygen atoms in total. The van der Waals surface area contributed by atoms with E-state index in [0.717, 1.165) is 22.5 Å². The molecule has 0 fully saturated rings. The van der Waals surface area contributed by atoms with Gasteiger partial charge in [-0.3, -0.25) is 0 Å². The van der Waals surface area contributed by atoms with E-state index in [0.29, 0.717) is 19.5 Å². The molecule has 1 aromatic carbocycles. The average molecular weight is 304 g/mol. The fourth-order valence-electron chi connectivity index (χ4n) is 2.26. The number of sulfonamides is 1. The van der Waals surface area contributed by atoms with Gasteiger partial charge in [-0.25, -0.2) is 8.42 Å². The van der Waals surface area contributed by atoms with Crippen molar-refractivity contribution in [2.75, 3.05) is 6.54 Å². The van der Waals surface area contributed by atoms with Crippen molar-refractivity contribution in [3.63, 3.8) is 0 Å². The molecule has 21 heavy (non-hydrogen) atoms. The molecular formula is C15H16N2O3S. The summed E-state index contributed by atoms with van der Waals surface area (Å²) in [6.45, 7) is 2.73. The van der Waals surface area contributed by atoms with Crippen LogP contribution in [-0.4, -0.2) is 24.4 Å². The predicted molar refractivity (Wildman–Crippen MR) is 79.7 cm³/mol. The summed E-state index contributed by atoms with van der Waals surface area (Å²) in [6, 6.07) is 7.71. The lowest BCUT2D eigenvalue weighted by molar-refractivity contribution is 0.333. The molecule has 0 saturated carbocycles. The third-order valence-electron chi connectivity index (χ3n) is 3.53. The van der Waals surface area contributed by atoms with Crippen LogP contribution >= 0.6 is 0 Å². The SMILES string of the molecule is Cc1ccc(/C=C/S(=O)(=O)N2CCc3oncc3C2)cc1. The van der Waals surface area contributed by atoms with Crippen LogP contribution in [-0.2, 0) is 23.0 Å². The number of hydrogen-bond acceptors (Lipinski definition) is 4. The molecule has 2 heterocycles. The molecule has 0 radical (unpaired) electrons. The minimum atomic E-state index is -3.43. The van der Waals surface area contributed by atoms with Gasteiger partial charge in [-0.1, -0.05) is 35.0 Å². The number of benzene rings is 1. The molecule has 110 valence electrons. The number of nitrogens with zero attached hydrogens (tertiary/aromatic N) is 2. The molecule has 0 aliphatic carbocycles. The van der Waals surface area contributed by atoms with E-state index < -0.39 is 10.0 Å². The summed E-state index contributed by atoms with van der Waals surface area (Å²) in [5.74, 6) is 0.781. The summed E-state index contributed by atoms with van der Waals surface area (Å²) in [7, 11) is -3.43. The van der Waals surface area contributed by atoms with Crippen molar-refractivity contribution in [2.45, 2.75) is 19.9 Å². The molecule has 0 unspecified atom stereocenters. The quantitative estimate of drug-likeness (QED) is 0.873. The number of aryl methyl sites for hydroxylation is 1. The normalized spacial score (nSPS) is 16.2. The smallest absolute Gasteiger partial charge is 0.236 e. The van der Waals surface area contributed by atoms with Crippen LogP contribution < -0.4 is 0 Å². The van der Waals surface area contributed by atoms with Crippen molar-refractivity contribution in [1.82, 2.24) is 9.46 Å². The van der Waals surface area contributed by atoms with Crippen molar-refractivity contribution in [3.8, 4) is 0 Å². The molecule has 0 N–H and O–H groups in total. The van der Waals surface area contributed by atoms with Gasteiger partial charge in [0.05, 0.1) is 6.20 Å². The monoisotopic (exact) mass is 304 g/mol. The van der Waals surface area contributed by atoms with Gasteiger partial charge in [-0.05, 0) is 18.6 Å². The predicted octanol–water partition coefficient (Wildman–Crippen LogP) is 2.34. The highest BCUT2D eigenvalue weighted by Crippen LogP contribution is 2.21. The van der Waals surface area contributed by atoms with Gasteiger partial charge in [0.25, 0.3) is 0 Å². The van der Waals surface area contributed by atoms with Gasteiger partial charge < -0.3 is 4.52 Å².